The summed E-state index contributed by atoms with van der Waals surface area (Å²) >= 11 is 0. The molecule has 0 spiro atoms. The third-order valence-corrected chi connectivity index (χ3v) is 3.56. The second-order valence-electron chi connectivity index (χ2n) is 4.89. The zero-order chi connectivity index (χ0) is 13.5. The lowest BCUT2D eigenvalue weighted by molar-refractivity contribution is -0.126. The maximum Gasteiger partial charge on any atom is 0.223 e. The number of amides is 1. The van der Waals surface area contributed by atoms with Crippen LogP contribution in [0.4, 0.5) is 0 Å². The average molecular weight is 247 g/mol. The molecule has 1 atom stereocenters. The molecule has 1 N–H and O–H groups in total. The Morgan fingerprint density at radius 3 is 2.06 bits per heavy atom. The van der Waals surface area contributed by atoms with E-state index in [0.717, 1.165) is 19.3 Å². The van der Waals surface area contributed by atoms with Gasteiger partial charge in [0.1, 0.15) is 0 Å². The van der Waals surface area contributed by atoms with Gasteiger partial charge in [-0.25, -0.2) is 0 Å². The molecule has 1 amide bonds. The van der Waals surface area contributed by atoms with Crippen LogP contribution < -0.4 is 5.32 Å². The molecule has 1 rings (SSSR count). The fourth-order valence-electron chi connectivity index (χ4n) is 2.17. The van der Waals surface area contributed by atoms with Crippen LogP contribution in [0, 0.1) is 12.8 Å². The van der Waals surface area contributed by atoms with Crippen LogP contribution in [0.3, 0.4) is 0 Å². The van der Waals surface area contributed by atoms with Crippen LogP contribution in [-0.2, 0) is 4.79 Å². The Morgan fingerprint density at radius 2 is 1.61 bits per heavy atom. The van der Waals surface area contributed by atoms with Gasteiger partial charge < -0.3 is 5.32 Å². The molecule has 1 aromatic rings. The first kappa shape index (κ1) is 14.7. The highest BCUT2D eigenvalue weighted by atomic mass is 16.1. The summed E-state index contributed by atoms with van der Waals surface area (Å²) in [6, 6.07) is 8.55. The number of benzene rings is 1. The second kappa shape index (κ2) is 7.20. The van der Waals surface area contributed by atoms with E-state index in [1.54, 1.807) is 0 Å². The fraction of sp³-hybridized carbons (Fsp3) is 0.562. The molecule has 0 saturated heterocycles. The number of hydrogen-bond donors (Lipinski definition) is 1. The molecule has 18 heavy (non-hydrogen) atoms. The van der Waals surface area contributed by atoms with Crippen LogP contribution in [0.1, 0.15) is 57.2 Å². The van der Waals surface area contributed by atoms with E-state index >= 15 is 0 Å². The van der Waals surface area contributed by atoms with Crippen molar-refractivity contribution in [2.24, 2.45) is 5.92 Å². The topological polar surface area (TPSA) is 29.1 Å². The molecule has 2 heteroatoms. The summed E-state index contributed by atoms with van der Waals surface area (Å²) in [5.74, 6) is 0.330. The highest BCUT2D eigenvalue weighted by molar-refractivity contribution is 5.79. The van der Waals surface area contributed by atoms with Gasteiger partial charge in [-0.3, -0.25) is 4.79 Å². The SMILES string of the molecule is CCC(CC)C(=O)NC(CC)c1ccc(C)cc1. The van der Waals surface area contributed by atoms with Gasteiger partial charge in [0.05, 0.1) is 6.04 Å². The number of aryl methyl sites for hydroxylation is 1. The van der Waals surface area contributed by atoms with Crippen LogP contribution in [0.25, 0.3) is 0 Å². The molecule has 1 unspecified atom stereocenters. The Morgan fingerprint density at radius 1 is 1.06 bits per heavy atom. The molecule has 0 bridgehead atoms. The van der Waals surface area contributed by atoms with Crippen molar-refractivity contribution in [2.45, 2.75) is 53.0 Å². The Kier molecular flexibility index (Phi) is 5.90. The van der Waals surface area contributed by atoms with Crippen LogP contribution in [-0.4, -0.2) is 5.91 Å². The Hall–Kier alpha value is -1.31. The van der Waals surface area contributed by atoms with Crippen molar-refractivity contribution in [2.75, 3.05) is 0 Å². The number of carbonyl (C=O) groups excluding carboxylic acids is 1. The molecule has 0 aliphatic heterocycles. The summed E-state index contributed by atoms with van der Waals surface area (Å²) in [6.45, 7) is 8.33. The molecule has 0 aliphatic carbocycles. The van der Waals surface area contributed by atoms with Crippen LogP contribution >= 0.6 is 0 Å². The largest absolute Gasteiger partial charge is 0.349 e. The maximum absolute atomic E-state index is 12.1. The predicted octanol–water partition coefficient (Wildman–Crippen LogP) is 4.00. The molecule has 0 fully saturated rings. The van der Waals surface area contributed by atoms with Gasteiger partial charge in [-0.1, -0.05) is 50.6 Å². The van der Waals surface area contributed by atoms with Gasteiger partial charge in [0.25, 0.3) is 0 Å². The van der Waals surface area contributed by atoms with Gasteiger partial charge in [-0.2, -0.15) is 0 Å². The first-order valence-electron chi connectivity index (χ1n) is 6.99. The van der Waals surface area contributed by atoms with Gasteiger partial charge in [0.15, 0.2) is 0 Å². The van der Waals surface area contributed by atoms with Crippen LogP contribution in [0.2, 0.25) is 0 Å². The average Bonchev–Trinajstić information content (AvgIpc) is 2.38. The summed E-state index contributed by atoms with van der Waals surface area (Å²) in [4.78, 5) is 12.1. The molecule has 0 aromatic heterocycles. The Labute approximate surface area is 111 Å². The minimum Gasteiger partial charge on any atom is -0.349 e. The number of rotatable bonds is 6. The minimum atomic E-state index is 0.138. The third-order valence-electron chi connectivity index (χ3n) is 3.56. The first-order chi connectivity index (χ1) is 8.62. The molecule has 2 nitrogen and oxygen atoms in total. The molecular formula is C16H25NO. The number of hydrogen-bond acceptors (Lipinski definition) is 1. The van der Waals surface area contributed by atoms with Crippen molar-refractivity contribution in [3.63, 3.8) is 0 Å². The van der Waals surface area contributed by atoms with Gasteiger partial charge >= 0.3 is 0 Å². The second-order valence-corrected chi connectivity index (χ2v) is 4.89. The summed E-state index contributed by atoms with van der Waals surface area (Å²) in [6.07, 6.45) is 2.74. The summed E-state index contributed by atoms with van der Waals surface area (Å²) in [5.41, 5.74) is 2.45. The Balaban J connectivity index is 2.73. The Bertz CT molecular complexity index is 365. The molecular weight excluding hydrogens is 222 g/mol. The zero-order valence-electron chi connectivity index (χ0n) is 12.0. The minimum absolute atomic E-state index is 0.138. The first-order valence-corrected chi connectivity index (χ1v) is 6.99. The van der Waals surface area contributed by atoms with Gasteiger partial charge in [0.2, 0.25) is 5.91 Å². The predicted molar refractivity (Wildman–Crippen MR) is 76.4 cm³/mol. The van der Waals surface area contributed by atoms with Gasteiger partial charge in [-0.05, 0) is 31.7 Å². The smallest absolute Gasteiger partial charge is 0.223 e. The van der Waals surface area contributed by atoms with Crippen molar-refractivity contribution in [3.8, 4) is 0 Å². The van der Waals surface area contributed by atoms with Crippen molar-refractivity contribution in [3.05, 3.63) is 35.4 Å². The molecule has 1 aromatic carbocycles. The van der Waals surface area contributed by atoms with Gasteiger partial charge in [0, 0.05) is 5.92 Å². The standard InChI is InChI=1S/C16H25NO/c1-5-13(6-2)16(18)17-15(7-3)14-10-8-12(4)9-11-14/h8-11,13,15H,5-7H2,1-4H3,(H,17,18). The lowest BCUT2D eigenvalue weighted by Gasteiger charge is -2.21. The van der Waals surface area contributed by atoms with E-state index in [9.17, 15) is 4.79 Å². The van der Waals surface area contributed by atoms with E-state index in [4.69, 9.17) is 0 Å². The quantitative estimate of drug-likeness (QED) is 0.809. The highest BCUT2D eigenvalue weighted by Crippen LogP contribution is 2.19. The van der Waals surface area contributed by atoms with E-state index in [1.165, 1.54) is 11.1 Å². The maximum atomic E-state index is 12.1. The van der Waals surface area contributed by atoms with E-state index in [0.29, 0.717) is 0 Å². The van der Waals surface area contributed by atoms with E-state index < -0.39 is 0 Å². The molecule has 0 saturated carbocycles. The zero-order valence-corrected chi connectivity index (χ0v) is 12.0. The molecule has 0 heterocycles. The summed E-state index contributed by atoms with van der Waals surface area (Å²) in [5, 5.41) is 3.17. The van der Waals surface area contributed by atoms with Gasteiger partial charge in [-0.15, -0.1) is 0 Å². The number of nitrogens with one attached hydrogen (secondary N) is 1. The van der Waals surface area contributed by atoms with Crippen molar-refractivity contribution < 1.29 is 4.79 Å². The monoisotopic (exact) mass is 247 g/mol. The molecule has 0 radical (unpaired) electrons. The normalized spacial score (nSPS) is 12.5. The molecule has 100 valence electrons. The van der Waals surface area contributed by atoms with Crippen molar-refractivity contribution >= 4 is 5.91 Å². The number of carbonyl (C=O) groups is 1. The summed E-state index contributed by atoms with van der Waals surface area (Å²) in [7, 11) is 0. The van der Waals surface area contributed by atoms with E-state index in [1.807, 2.05) is 0 Å². The van der Waals surface area contributed by atoms with Crippen LogP contribution in [0.5, 0.6) is 0 Å². The van der Waals surface area contributed by atoms with Crippen molar-refractivity contribution in [1.82, 2.24) is 5.32 Å². The van der Waals surface area contributed by atoms with E-state index in [2.05, 4.69) is 57.3 Å². The fourth-order valence-corrected chi connectivity index (χ4v) is 2.17. The third kappa shape index (κ3) is 3.86. The molecule has 0 aliphatic rings. The van der Waals surface area contributed by atoms with Crippen molar-refractivity contribution in [1.29, 1.82) is 0 Å². The highest BCUT2D eigenvalue weighted by Gasteiger charge is 2.18. The lowest BCUT2D eigenvalue weighted by atomic mass is 9.99. The van der Waals surface area contributed by atoms with Crippen LogP contribution in [0.15, 0.2) is 24.3 Å². The lowest BCUT2D eigenvalue weighted by Crippen LogP contribution is -2.33. The van der Waals surface area contributed by atoms with E-state index in [-0.39, 0.29) is 17.9 Å². The summed E-state index contributed by atoms with van der Waals surface area (Å²) < 4.78 is 0.